The van der Waals surface area contributed by atoms with Gasteiger partial charge in [-0.3, -0.25) is 0 Å². The summed E-state index contributed by atoms with van der Waals surface area (Å²) < 4.78 is 11.1. The van der Waals surface area contributed by atoms with Crippen LogP contribution in [0, 0.1) is 0 Å². The lowest BCUT2D eigenvalue weighted by Crippen LogP contribution is -2.48. The highest BCUT2D eigenvalue weighted by molar-refractivity contribution is 6.38. The third-order valence-electron chi connectivity index (χ3n) is 3.07. The highest BCUT2D eigenvalue weighted by Crippen LogP contribution is 2.25. The lowest BCUT2D eigenvalue weighted by atomic mass is 9.81. The number of hydrogen-bond donors (Lipinski definition) is 1. The molecule has 0 saturated carbocycles. The van der Waals surface area contributed by atoms with Gasteiger partial charge in [-0.15, -0.1) is 0 Å². The van der Waals surface area contributed by atoms with Gasteiger partial charge in [-0.25, -0.2) is 0 Å². The Hall–Kier alpha value is -0.315. The van der Waals surface area contributed by atoms with Crippen molar-refractivity contribution >= 4 is 7.48 Å². The second-order valence-corrected chi connectivity index (χ2v) is 5.06. The van der Waals surface area contributed by atoms with Gasteiger partial charge in [0.1, 0.15) is 0 Å². The largest absolute Gasteiger partial charge is 0.427 e. The van der Waals surface area contributed by atoms with Gasteiger partial charge >= 0.3 is 7.48 Å². The van der Waals surface area contributed by atoms with Gasteiger partial charge in [0, 0.05) is 0 Å². The van der Waals surface area contributed by atoms with Crippen molar-refractivity contribution in [1.82, 2.24) is 0 Å². The summed E-state index contributed by atoms with van der Waals surface area (Å²) in [6.45, 7) is 8.78. The van der Waals surface area contributed by atoms with Crippen molar-refractivity contribution in [3.8, 4) is 0 Å². The smallest absolute Gasteiger partial charge is 0.307 e. The quantitative estimate of drug-likeness (QED) is 0.712. The maximum Gasteiger partial charge on any atom is 0.307 e. The Morgan fingerprint density at radius 1 is 1.40 bits per heavy atom. The summed E-state index contributed by atoms with van der Waals surface area (Å²) in [6, 6.07) is 0. The topological polar surface area (TPSA) is 38.7 Å². The molecule has 4 heteroatoms. The molecule has 0 amide bonds. The lowest BCUT2D eigenvalue weighted by molar-refractivity contribution is -0.0899. The van der Waals surface area contributed by atoms with Gasteiger partial charge in [0.25, 0.3) is 0 Å². The fourth-order valence-electron chi connectivity index (χ4n) is 1.16. The molecular weight excluding hydrogens is 191 g/mol. The van der Waals surface area contributed by atoms with E-state index < -0.39 is 11.2 Å². The minimum atomic E-state index is -0.844. The zero-order chi connectivity index (χ0) is 11.5. The molecule has 0 bridgehead atoms. The average Bonchev–Trinajstić information content (AvgIpc) is 2.15. The Balaban J connectivity index is 2.45. The van der Waals surface area contributed by atoms with Crippen LogP contribution >= 0.6 is 0 Å². The number of hydrogen-bond acceptors (Lipinski definition) is 3. The van der Waals surface area contributed by atoms with Crippen LogP contribution in [0.3, 0.4) is 0 Å². The van der Waals surface area contributed by atoms with E-state index in [9.17, 15) is 5.11 Å². The Bertz CT molecular complexity index is 241. The summed E-state index contributed by atoms with van der Waals surface area (Å²) in [5.41, 5.74) is -0.229. The molecule has 0 radical (unpaired) electrons. The third-order valence-corrected chi connectivity index (χ3v) is 3.07. The van der Waals surface area contributed by atoms with Crippen molar-refractivity contribution in [2.75, 3.05) is 13.2 Å². The molecule has 0 fully saturated rings. The van der Waals surface area contributed by atoms with E-state index in [2.05, 4.69) is 6.08 Å². The molecule has 0 aromatic rings. The fraction of sp³-hybridized carbons (Fsp3) is 0.818. The zero-order valence-corrected chi connectivity index (χ0v) is 10.2. The first kappa shape index (κ1) is 12.8. The predicted molar refractivity (Wildman–Crippen MR) is 62.1 cm³/mol. The molecule has 1 aliphatic heterocycles. The van der Waals surface area contributed by atoms with Crippen molar-refractivity contribution in [2.24, 2.45) is 0 Å². The minimum Gasteiger partial charge on any atom is -0.427 e. The van der Waals surface area contributed by atoms with Crippen LogP contribution in [0.5, 0.6) is 0 Å². The molecule has 15 heavy (non-hydrogen) atoms. The number of aliphatic hydroxyl groups is 1. The van der Waals surface area contributed by atoms with Crippen molar-refractivity contribution in [2.45, 2.75) is 45.3 Å². The van der Waals surface area contributed by atoms with Crippen LogP contribution in [0.25, 0.3) is 0 Å². The van der Waals surface area contributed by atoms with Crippen LogP contribution in [0.1, 0.15) is 34.1 Å². The average molecular weight is 212 g/mol. The van der Waals surface area contributed by atoms with E-state index in [4.69, 9.17) is 9.39 Å². The highest BCUT2D eigenvalue weighted by atomic mass is 16.5. The Labute approximate surface area is 92.7 Å². The van der Waals surface area contributed by atoms with E-state index in [1.807, 2.05) is 13.8 Å². The molecule has 1 heterocycles. The summed E-state index contributed by atoms with van der Waals surface area (Å²) >= 11 is 0. The maximum atomic E-state index is 9.90. The molecule has 86 valence electrons. The van der Waals surface area contributed by atoms with Gasteiger partial charge in [0.05, 0.1) is 24.4 Å². The van der Waals surface area contributed by atoms with Crippen LogP contribution < -0.4 is 0 Å². The van der Waals surface area contributed by atoms with Crippen LogP contribution in [-0.2, 0) is 9.39 Å². The van der Waals surface area contributed by atoms with Gasteiger partial charge in [0.15, 0.2) is 0 Å². The number of ether oxygens (including phenoxy) is 1. The van der Waals surface area contributed by atoms with Crippen molar-refractivity contribution in [3.05, 3.63) is 11.5 Å². The molecule has 0 saturated heterocycles. The molecule has 0 aromatic carbocycles. The third kappa shape index (κ3) is 3.63. The van der Waals surface area contributed by atoms with Crippen LogP contribution in [0.4, 0.5) is 0 Å². The highest BCUT2D eigenvalue weighted by Gasteiger charge is 2.35. The summed E-state index contributed by atoms with van der Waals surface area (Å²) in [5, 5.41) is 9.90. The van der Waals surface area contributed by atoms with Gasteiger partial charge in [-0.1, -0.05) is 11.5 Å². The monoisotopic (exact) mass is 212 g/mol. The molecule has 0 aliphatic carbocycles. The first-order chi connectivity index (χ1) is 6.83. The van der Waals surface area contributed by atoms with Crippen LogP contribution in [0.15, 0.2) is 11.5 Å². The van der Waals surface area contributed by atoms with Crippen molar-refractivity contribution in [3.63, 3.8) is 0 Å². The molecule has 0 unspecified atom stereocenters. The Morgan fingerprint density at radius 3 is 2.53 bits per heavy atom. The van der Waals surface area contributed by atoms with Crippen LogP contribution in [-0.4, -0.2) is 37.0 Å². The second-order valence-electron chi connectivity index (χ2n) is 5.06. The van der Waals surface area contributed by atoms with Crippen molar-refractivity contribution in [1.29, 1.82) is 0 Å². The second kappa shape index (κ2) is 4.68. The van der Waals surface area contributed by atoms with Crippen LogP contribution in [0.2, 0.25) is 0 Å². The van der Waals surface area contributed by atoms with E-state index in [1.54, 1.807) is 13.8 Å². The zero-order valence-electron chi connectivity index (χ0n) is 10.2. The molecule has 1 rings (SSSR count). The SMILES string of the molecule is CC(C)(O)C(C)(C)OBC1=CCCOC1. The van der Waals surface area contributed by atoms with Crippen molar-refractivity contribution < 1.29 is 14.5 Å². The molecule has 0 atom stereocenters. The molecule has 1 aliphatic rings. The summed E-state index contributed by atoms with van der Waals surface area (Å²) in [4.78, 5) is 0. The molecule has 1 N–H and O–H groups in total. The molecular formula is C11H21BO3. The van der Waals surface area contributed by atoms with E-state index in [-0.39, 0.29) is 0 Å². The maximum absolute atomic E-state index is 9.90. The summed E-state index contributed by atoms with van der Waals surface area (Å²) in [5.74, 6) is 0. The normalized spacial score (nSPS) is 18.6. The Morgan fingerprint density at radius 2 is 2.07 bits per heavy atom. The lowest BCUT2D eigenvalue weighted by Gasteiger charge is -2.38. The van der Waals surface area contributed by atoms with E-state index in [0.717, 1.165) is 13.0 Å². The van der Waals surface area contributed by atoms with E-state index >= 15 is 0 Å². The number of rotatable bonds is 4. The molecule has 0 spiro atoms. The molecule has 0 aromatic heterocycles. The van der Waals surface area contributed by atoms with E-state index in [1.165, 1.54) is 5.47 Å². The van der Waals surface area contributed by atoms with Gasteiger partial charge in [0.2, 0.25) is 0 Å². The molecule has 3 nitrogen and oxygen atoms in total. The fourth-order valence-corrected chi connectivity index (χ4v) is 1.16. The first-order valence-electron chi connectivity index (χ1n) is 5.45. The predicted octanol–water partition coefficient (Wildman–Crippen LogP) is 1.21. The summed E-state index contributed by atoms with van der Waals surface area (Å²) in [6.07, 6.45) is 3.12. The van der Waals surface area contributed by atoms with Gasteiger partial charge in [-0.2, -0.15) is 0 Å². The standard InChI is InChI=1S/C11H21BO3/c1-10(2,13)11(3,4)15-12-9-6-5-7-14-8-9/h6,12-13H,5,7-8H2,1-4H3. The van der Waals surface area contributed by atoms with E-state index in [0.29, 0.717) is 14.1 Å². The summed E-state index contributed by atoms with van der Waals surface area (Å²) in [7, 11) is 0.539. The first-order valence-corrected chi connectivity index (χ1v) is 5.45. The Kier molecular flexibility index (Phi) is 3.98. The van der Waals surface area contributed by atoms with Gasteiger partial charge < -0.3 is 14.5 Å². The minimum absolute atomic E-state index is 0.539. The van der Waals surface area contributed by atoms with Gasteiger partial charge in [-0.05, 0) is 34.1 Å².